The van der Waals surface area contributed by atoms with Crippen LogP contribution in [0.1, 0.15) is 59.8 Å². The van der Waals surface area contributed by atoms with Gasteiger partial charge in [-0.3, -0.25) is 9.59 Å². The minimum Gasteiger partial charge on any atom is -0.300 e. The predicted octanol–water partition coefficient (Wildman–Crippen LogP) is 2.96. The molecule has 98 valence electrons. The van der Waals surface area contributed by atoms with E-state index in [-0.39, 0.29) is 29.2 Å². The van der Waals surface area contributed by atoms with Crippen molar-refractivity contribution in [2.45, 2.75) is 59.8 Å². The third-order valence-corrected chi connectivity index (χ3v) is 3.24. The van der Waals surface area contributed by atoms with Crippen LogP contribution in [0.4, 0.5) is 0 Å². The molecule has 2 atom stereocenters. The molecule has 3 heteroatoms. The standard InChI is InChI=1S/C14H24O3/c1-5-6-7-14(17)13(9-8-10(2)15)11(3)12(4)16/h11,13H,5-9H2,1-4H3. The number of hydrogen-bond acceptors (Lipinski definition) is 3. The normalized spacial score (nSPS) is 14.1. The van der Waals surface area contributed by atoms with Crippen molar-refractivity contribution in [3.63, 3.8) is 0 Å². The van der Waals surface area contributed by atoms with Crippen LogP contribution in [0, 0.1) is 11.8 Å². The van der Waals surface area contributed by atoms with Crippen molar-refractivity contribution in [2.75, 3.05) is 0 Å². The minimum atomic E-state index is -0.275. The van der Waals surface area contributed by atoms with E-state index in [0.29, 0.717) is 19.3 Å². The van der Waals surface area contributed by atoms with Crippen LogP contribution in [0.25, 0.3) is 0 Å². The van der Waals surface area contributed by atoms with E-state index in [1.165, 1.54) is 13.8 Å². The number of hydrogen-bond donors (Lipinski definition) is 0. The Bertz CT molecular complexity index is 281. The van der Waals surface area contributed by atoms with E-state index in [4.69, 9.17) is 0 Å². The molecule has 0 rings (SSSR count). The van der Waals surface area contributed by atoms with Crippen molar-refractivity contribution >= 4 is 17.3 Å². The second-order valence-electron chi connectivity index (χ2n) is 4.82. The lowest BCUT2D eigenvalue weighted by molar-refractivity contribution is -0.131. The monoisotopic (exact) mass is 240 g/mol. The molecule has 0 aliphatic heterocycles. The van der Waals surface area contributed by atoms with Gasteiger partial charge in [-0.25, -0.2) is 0 Å². The minimum absolute atomic E-state index is 0.0309. The summed E-state index contributed by atoms with van der Waals surface area (Å²) in [6, 6.07) is 0. The maximum absolute atomic E-state index is 12.0. The summed E-state index contributed by atoms with van der Waals surface area (Å²) in [6.07, 6.45) is 3.26. The molecule has 17 heavy (non-hydrogen) atoms. The van der Waals surface area contributed by atoms with Crippen LogP contribution in [0.15, 0.2) is 0 Å². The van der Waals surface area contributed by atoms with Crippen molar-refractivity contribution < 1.29 is 14.4 Å². The van der Waals surface area contributed by atoms with Crippen LogP contribution < -0.4 is 0 Å². The van der Waals surface area contributed by atoms with Crippen molar-refractivity contribution in [3.05, 3.63) is 0 Å². The summed E-state index contributed by atoms with van der Waals surface area (Å²) in [5.41, 5.74) is 0. The quantitative estimate of drug-likeness (QED) is 0.622. The van der Waals surface area contributed by atoms with Crippen LogP contribution >= 0.6 is 0 Å². The molecule has 0 saturated heterocycles. The average molecular weight is 240 g/mol. The highest BCUT2D eigenvalue weighted by molar-refractivity contribution is 5.89. The summed E-state index contributed by atoms with van der Waals surface area (Å²) in [7, 11) is 0. The summed E-state index contributed by atoms with van der Waals surface area (Å²) in [5.74, 6) is -0.296. The van der Waals surface area contributed by atoms with E-state index in [1.807, 2.05) is 6.92 Å². The van der Waals surface area contributed by atoms with Gasteiger partial charge >= 0.3 is 0 Å². The van der Waals surface area contributed by atoms with Gasteiger partial charge in [0.15, 0.2) is 0 Å². The average Bonchev–Trinajstić information content (AvgIpc) is 2.25. The largest absolute Gasteiger partial charge is 0.300 e. The van der Waals surface area contributed by atoms with E-state index in [9.17, 15) is 14.4 Å². The zero-order valence-corrected chi connectivity index (χ0v) is 11.4. The second kappa shape index (κ2) is 8.15. The van der Waals surface area contributed by atoms with Gasteiger partial charge in [0.05, 0.1) is 0 Å². The van der Waals surface area contributed by atoms with Gasteiger partial charge in [0, 0.05) is 24.7 Å². The van der Waals surface area contributed by atoms with Gasteiger partial charge in [-0.1, -0.05) is 20.3 Å². The van der Waals surface area contributed by atoms with Gasteiger partial charge < -0.3 is 4.79 Å². The zero-order chi connectivity index (χ0) is 13.4. The van der Waals surface area contributed by atoms with Crippen molar-refractivity contribution in [1.82, 2.24) is 0 Å². The molecule has 0 aromatic rings. The number of unbranched alkanes of at least 4 members (excludes halogenated alkanes) is 1. The van der Waals surface area contributed by atoms with E-state index >= 15 is 0 Å². The molecule has 0 saturated carbocycles. The Hall–Kier alpha value is -0.990. The zero-order valence-electron chi connectivity index (χ0n) is 11.4. The highest BCUT2D eigenvalue weighted by atomic mass is 16.1. The van der Waals surface area contributed by atoms with E-state index in [2.05, 4.69) is 0 Å². The van der Waals surface area contributed by atoms with Gasteiger partial charge in [0.25, 0.3) is 0 Å². The first-order valence-electron chi connectivity index (χ1n) is 6.42. The summed E-state index contributed by atoms with van der Waals surface area (Å²) < 4.78 is 0. The van der Waals surface area contributed by atoms with Gasteiger partial charge in [-0.05, 0) is 26.7 Å². The Labute approximate surface area is 104 Å². The highest BCUT2D eigenvalue weighted by Crippen LogP contribution is 2.22. The molecule has 0 aliphatic rings. The van der Waals surface area contributed by atoms with Crippen LogP contribution in [-0.2, 0) is 14.4 Å². The van der Waals surface area contributed by atoms with Gasteiger partial charge in [0.1, 0.15) is 17.3 Å². The molecule has 0 radical (unpaired) electrons. The lowest BCUT2D eigenvalue weighted by Gasteiger charge is -2.20. The summed E-state index contributed by atoms with van der Waals surface area (Å²) in [5, 5.41) is 0. The molecule has 0 heterocycles. The highest BCUT2D eigenvalue weighted by Gasteiger charge is 2.27. The fraction of sp³-hybridized carbons (Fsp3) is 0.786. The first-order chi connectivity index (χ1) is 7.90. The Morgan fingerprint density at radius 2 is 1.65 bits per heavy atom. The van der Waals surface area contributed by atoms with Crippen molar-refractivity contribution in [3.8, 4) is 0 Å². The number of ketones is 3. The van der Waals surface area contributed by atoms with Crippen LogP contribution in [0.3, 0.4) is 0 Å². The van der Waals surface area contributed by atoms with Crippen molar-refractivity contribution in [2.24, 2.45) is 11.8 Å². The Balaban J connectivity index is 4.53. The second-order valence-corrected chi connectivity index (χ2v) is 4.82. The lowest BCUT2D eigenvalue weighted by atomic mass is 9.82. The van der Waals surface area contributed by atoms with Crippen LogP contribution in [0.2, 0.25) is 0 Å². The van der Waals surface area contributed by atoms with E-state index < -0.39 is 0 Å². The van der Waals surface area contributed by atoms with Crippen molar-refractivity contribution in [1.29, 1.82) is 0 Å². The molecule has 0 spiro atoms. The third-order valence-electron chi connectivity index (χ3n) is 3.24. The molecule has 3 nitrogen and oxygen atoms in total. The summed E-state index contributed by atoms with van der Waals surface area (Å²) in [6.45, 7) is 6.85. The molecule has 0 aliphatic carbocycles. The molecular weight excluding hydrogens is 216 g/mol. The van der Waals surface area contributed by atoms with Gasteiger partial charge in [-0.2, -0.15) is 0 Å². The number of rotatable bonds is 9. The Morgan fingerprint density at radius 1 is 1.06 bits per heavy atom. The molecule has 0 aromatic heterocycles. The molecule has 0 aromatic carbocycles. The third kappa shape index (κ3) is 6.35. The number of carbonyl (C=O) groups is 3. The molecular formula is C14H24O3. The molecule has 2 unspecified atom stereocenters. The maximum Gasteiger partial charge on any atom is 0.136 e. The number of carbonyl (C=O) groups excluding carboxylic acids is 3. The Morgan fingerprint density at radius 3 is 2.06 bits per heavy atom. The van der Waals surface area contributed by atoms with Crippen LogP contribution in [-0.4, -0.2) is 17.3 Å². The maximum atomic E-state index is 12.0. The van der Waals surface area contributed by atoms with E-state index in [0.717, 1.165) is 12.8 Å². The first kappa shape index (κ1) is 16.0. The fourth-order valence-corrected chi connectivity index (χ4v) is 1.87. The topological polar surface area (TPSA) is 51.2 Å². The molecule has 0 fully saturated rings. The van der Waals surface area contributed by atoms with Gasteiger partial charge in [-0.15, -0.1) is 0 Å². The number of Topliss-reactive ketones (excluding diaryl/α,β-unsaturated/α-hetero) is 3. The molecule has 0 amide bonds. The smallest absolute Gasteiger partial charge is 0.136 e. The predicted molar refractivity (Wildman–Crippen MR) is 67.8 cm³/mol. The Kier molecular flexibility index (Phi) is 7.68. The van der Waals surface area contributed by atoms with E-state index in [1.54, 1.807) is 6.92 Å². The molecule has 0 N–H and O–H groups in total. The lowest BCUT2D eigenvalue weighted by Crippen LogP contribution is -2.27. The fourth-order valence-electron chi connectivity index (χ4n) is 1.87. The molecule has 0 bridgehead atoms. The SMILES string of the molecule is CCCCC(=O)C(CCC(C)=O)C(C)C(C)=O. The van der Waals surface area contributed by atoms with Gasteiger partial charge in [0.2, 0.25) is 0 Å². The summed E-state index contributed by atoms with van der Waals surface area (Å²) in [4.78, 5) is 34.3. The first-order valence-corrected chi connectivity index (χ1v) is 6.42. The summed E-state index contributed by atoms with van der Waals surface area (Å²) >= 11 is 0. The van der Waals surface area contributed by atoms with Crippen LogP contribution in [0.5, 0.6) is 0 Å².